The van der Waals surface area contributed by atoms with E-state index in [-0.39, 0.29) is 30.1 Å². The number of carboxylic acid groups (broad SMARTS) is 2. The molecule has 0 spiro atoms. The normalized spacial score (nSPS) is 18.6. The van der Waals surface area contributed by atoms with Gasteiger partial charge in [0.2, 0.25) is 29.5 Å². The Labute approximate surface area is 264 Å². The second kappa shape index (κ2) is 18.3. The van der Waals surface area contributed by atoms with Crippen LogP contribution in [0.5, 0.6) is 0 Å². The van der Waals surface area contributed by atoms with Gasteiger partial charge in [0.15, 0.2) is 0 Å². The van der Waals surface area contributed by atoms with Crippen molar-refractivity contribution in [3.63, 3.8) is 0 Å². The first-order chi connectivity index (χ1) is 21.2. The van der Waals surface area contributed by atoms with Crippen LogP contribution in [0.15, 0.2) is 0 Å². The maximum atomic E-state index is 13.6. The molecule has 1 aliphatic carbocycles. The van der Waals surface area contributed by atoms with Gasteiger partial charge in [-0.1, -0.05) is 53.4 Å². The zero-order valence-corrected chi connectivity index (χ0v) is 26.9. The molecule has 0 aromatic heterocycles. The summed E-state index contributed by atoms with van der Waals surface area (Å²) in [6.45, 7) is 8.15. The summed E-state index contributed by atoms with van der Waals surface area (Å²) >= 11 is 0. The van der Waals surface area contributed by atoms with Crippen molar-refractivity contribution in [2.75, 3.05) is 13.1 Å². The van der Waals surface area contributed by atoms with E-state index in [2.05, 4.69) is 21.3 Å². The van der Waals surface area contributed by atoms with Gasteiger partial charge in [0.1, 0.15) is 24.2 Å². The average molecular weight is 638 g/mol. The SMILES string of the molecule is CCC(C)C(NC(=O)C1CCCCC1)C(=O)NC(CC(=O)N1CCCC1)C(=O)NC(CC(=O)O)C(=O)NC(CC(C)C)C(=O)O. The summed E-state index contributed by atoms with van der Waals surface area (Å²) in [7, 11) is 0. The van der Waals surface area contributed by atoms with E-state index < -0.39 is 72.6 Å². The number of nitrogens with one attached hydrogen (secondary N) is 4. The Morgan fingerprint density at radius 2 is 1.24 bits per heavy atom. The third-order valence-electron chi connectivity index (χ3n) is 8.57. The van der Waals surface area contributed by atoms with Crippen molar-refractivity contribution in [2.24, 2.45) is 17.8 Å². The summed E-state index contributed by atoms with van der Waals surface area (Å²) in [5.74, 6) is -6.69. The van der Waals surface area contributed by atoms with Gasteiger partial charge in [0.05, 0.1) is 12.8 Å². The Morgan fingerprint density at radius 3 is 1.76 bits per heavy atom. The third-order valence-corrected chi connectivity index (χ3v) is 8.57. The number of hydrogen-bond acceptors (Lipinski definition) is 7. The van der Waals surface area contributed by atoms with Crippen LogP contribution in [0.1, 0.15) is 98.3 Å². The van der Waals surface area contributed by atoms with Crippen molar-refractivity contribution in [1.82, 2.24) is 26.2 Å². The predicted molar refractivity (Wildman–Crippen MR) is 164 cm³/mol. The van der Waals surface area contributed by atoms with Gasteiger partial charge < -0.3 is 36.4 Å². The molecule has 45 heavy (non-hydrogen) atoms. The van der Waals surface area contributed by atoms with Gasteiger partial charge in [0, 0.05) is 19.0 Å². The number of likely N-dealkylation sites (tertiary alicyclic amines) is 1. The molecule has 0 aromatic carbocycles. The van der Waals surface area contributed by atoms with Crippen molar-refractivity contribution >= 4 is 41.5 Å². The molecule has 6 N–H and O–H groups in total. The fourth-order valence-electron chi connectivity index (χ4n) is 5.70. The first-order valence-corrected chi connectivity index (χ1v) is 16.2. The molecule has 14 heteroatoms. The predicted octanol–water partition coefficient (Wildman–Crippen LogP) is 1.17. The maximum absolute atomic E-state index is 13.6. The minimum atomic E-state index is -1.68. The molecule has 0 aromatic rings. The van der Waals surface area contributed by atoms with Crippen LogP contribution in [0, 0.1) is 17.8 Å². The van der Waals surface area contributed by atoms with Crippen LogP contribution in [0.4, 0.5) is 0 Å². The van der Waals surface area contributed by atoms with Crippen molar-refractivity contribution in [3.8, 4) is 0 Å². The quantitative estimate of drug-likeness (QED) is 0.135. The summed E-state index contributed by atoms with van der Waals surface area (Å²) in [5.41, 5.74) is 0. The molecule has 2 fully saturated rings. The highest BCUT2D eigenvalue weighted by molar-refractivity contribution is 5.98. The van der Waals surface area contributed by atoms with Gasteiger partial charge in [-0.2, -0.15) is 0 Å². The number of rotatable bonds is 17. The van der Waals surface area contributed by atoms with Gasteiger partial charge in [-0.15, -0.1) is 0 Å². The molecule has 5 atom stereocenters. The van der Waals surface area contributed by atoms with E-state index in [4.69, 9.17) is 0 Å². The van der Waals surface area contributed by atoms with E-state index in [9.17, 15) is 43.8 Å². The first kappa shape index (κ1) is 37.5. The summed E-state index contributed by atoms with van der Waals surface area (Å²) in [5, 5.41) is 29.0. The van der Waals surface area contributed by atoms with Crippen LogP contribution >= 0.6 is 0 Å². The molecule has 2 rings (SSSR count). The zero-order valence-electron chi connectivity index (χ0n) is 26.9. The van der Waals surface area contributed by atoms with Crippen molar-refractivity contribution in [1.29, 1.82) is 0 Å². The summed E-state index contributed by atoms with van der Waals surface area (Å²) < 4.78 is 0. The topological polar surface area (TPSA) is 211 Å². The lowest BCUT2D eigenvalue weighted by atomic mass is 9.88. The highest BCUT2D eigenvalue weighted by Gasteiger charge is 2.36. The molecule has 254 valence electrons. The number of nitrogens with zero attached hydrogens (tertiary/aromatic N) is 1. The highest BCUT2D eigenvalue weighted by atomic mass is 16.4. The van der Waals surface area contributed by atoms with Crippen molar-refractivity contribution in [3.05, 3.63) is 0 Å². The number of carbonyl (C=O) groups excluding carboxylic acids is 5. The van der Waals surface area contributed by atoms with Gasteiger partial charge in [-0.25, -0.2) is 4.79 Å². The molecule has 0 radical (unpaired) electrons. The van der Waals surface area contributed by atoms with Gasteiger partial charge in [-0.05, 0) is 43.9 Å². The molecule has 5 unspecified atom stereocenters. The number of carboxylic acids is 2. The molecule has 2 aliphatic rings. The second-order valence-corrected chi connectivity index (χ2v) is 12.7. The number of hydrogen-bond donors (Lipinski definition) is 6. The fraction of sp³-hybridized carbons (Fsp3) is 0.774. The summed E-state index contributed by atoms with van der Waals surface area (Å²) in [6, 6.07) is -5.48. The first-order valence-electron chi connectivity index (χ1n) is 16.2. The molecule has 14 nitrogen and oxygen atoms in total. The lowest BCUT2D eigenvalue weighted by molar-refractivity contribution is -0.144. The molecule has 1 heterocycles. The van der Waals surface area contributed by atoms with Gasteiger partial charge in [-0.3, -0.25) is 28.8 Å². The number of carbonyl (C=O) groups is 7. The van der Waals surface area contributed by atoms with Crippen LogP contribution in [0.2, 0.25) is 0 Å². The van der Waals surface area contributed by atoms with E-state index >= 15 is 0 Å². The molecule has 1 saturated carbocycles. The van der Waals surface area contributed by atoms with E-state index in [1.807, 2.05) is 6.92 Å². The molecule has 1 aliphatic heterocycles. The molecule has 0 bridgehead atoms. The molecular formula is C31H51N5O9. The third kappa shape index (κ3) is 12.3. The van der Waals surface area contributed by atoms with Crippen LogP contribution in [-0.2, 0) is 33.6 Å². The standard InChI is InChI=1S/C31H51N5O9/c1-5-19(4)26(35-27(40)20-11-7-6-8-12-20)30(43)33-21(16-24(37)36-13-9-10-14-36)28(41)32-22(17-25(38)39)29(42)34-23(31(44)45)15-18(2)3/h18-23,26H,5-17H2,1-4H3,(H,32,41)(H,33,43)(H,34,42)(H,35,40)(H,38,39)(H,44,45). The lowest BCUT2D eigenvalue weighted by Crippen LogP contribution is -2.60. The van der Waals surface area contributed by atoms with E-state index in [0.717, 1.165) is 44.9 Å². The smallest absolute Gasteiger partial charge is 0.326 e. The molecule has 1 saturated heterocycles. The minimum absolute atomic E-state index is 0.0708. The Morgan fingerprint density at radius 1 is 0.711 bits per heavy atom. The van der Waals surface area contributed by atoms with Crippen LogP contribution < -0.4 is 21.3 Å². The second-order valence-electron chi connectivity index (χ2n) is 12.7. The maximum Gasteiger partial charge on any atom is 0.326 e. The largest absolute Gasteiger partial charge is 0.481 e. The Hall–Kier alpha value is -3.71. The Bertz CT molecular complexity index is 1070. The van der Waals surface area contributed by atoms with E-state index in [1.165, 1.54) is 0 Å². The van der Waals surface area contributed by atoms with Crippen LogP contribution in [0.3, 0.4) is 0 Å². The average Bonchev–Trinajstić information content (AvgIpc) is 3.53. The lowest BCUT2D eigenvalue weighted by Gasteiger charge is -2.30. The van der Waals surface area contributed by atoms with E-state index in [1.54, 1.807) is 25.7 Å². The summed E-state index contributed by atoms with van der Waals surface area (Å²) in [6.07, 6.45) is 5.23. The summed E-state index contributed by atoms with van der Waals surface area (Å²) in [4.78, 5) is 91.3. The monoisotopic (exact) mass is 637 g/mol. The Kier molecular flexibility index (Phi) is 15.2. The van der Waals surface area contributed by atoms with Gasteiger partial charge >= 0.3 is 11.9 Å². The minimum Gasteiger partial charge on any atom is -0.481 e. The fourth-order valence-corrected chi connectivity index (χ4v) is 5.70. The number of amides is 5. The van der Waals surface area contributed by atoms with Crippen LogP contribution in [0.25, 0.3) is 0 Å². The molecular weight excluding hydrogens is 586 g/mol. The highest BCUT2D eigenvalue weighted by Crippen LogP contribution is 2.24. The van der Waals surface area contributed by atoms with Crippen LogP contribution in [-0.4, -0.2) is 93.8 Å². The zero-order chi connectivity index (χ0) is 33.7. The van der Waals surface area contributed by atoms with Gasteiger partial charge in [0.25, 0.3) is 0 Å². The van der Waals surface area contributed by atoms with E-state index in [0.29, 0.717) is 19.5 Å². The number of aliphatic carboxylic acids is 2. The van der Waals surface area contributed by atoms with Crippen molar-refractivity contribution < 1.29 is 43.8 Å². The van der Waals surface area contributed by atoms with Crippen molar-refractivity contribution in [2.45, 2.75) is 122 Å². The molecule has 5 amide bonds. The Balaban J connectivity index is 2.29.